The van der Waals surface area contributed by atoms with Gasteiger partial charge in [-0.25, -0.2) is 0 Å². The number of hydrogen-bond acceptors (Lipinski definition) is 1. The Morgan fingerprint density at radius 2 is 1.81 bits per heavy atom. The van der Waals surface area contributed by atoms with Crippen molar-refractivity contribution in [2.45, 2.75) is 0 Å². The molecule has 0 aliphatic rings. The second kappa shape index (κ2) is 5.37. The average Bonchev–Trinajstić information content (AvgIpc) is 2.15. The molecule has 78 valence electrons. The third kappa shape index (κ3) is 3.00. The summed E-state index contributed by atoms with van der Waals surface area (Å²) in [6.45, 7) is -5.01. The van der Waals surface area contributed by atoms with Crippen LogP contribution in [-0.4, -0.2) is 12.0 Å². The van der Waals surface area contributed by atoms with Gasteiger partial charge in [-0.1, -0.05) is 29.2 Å². The van der Waals surface area contributed by atoms with Crippen LogP contribution in [0.2, 0.25) is 5.02 Å². The normalized spacial score (nSPS) is 11.2. The van der Waals surface area contributed by atoms with Crippen molar-refractivity contribution in [2.75, 3.05) is 0 Å². The molecule has 0 spiro atoms. The molecule has 0 N–H and O–H groups in total. The minimum atomic E-state index is -5.01. The summed E-state index contributed by atoms with van der Waals surface area (Å²) in [5.74, 6) is 0. The summed E-state index contributed by atoms with van der Waals surface area (Å²) in [4.78, 5) is 3.84. The summed E-state index contributed by atoms with van der Waals surface area (Å²) in [5, 5.41) is 0.469. The SMILES string of the molecule is F[B-](F)(F)c1ccnc2cc(Cl)ccc12.[K+]. The molecule has 0 aliphatic heterocycles. The minimum Gasteiger partial charge on any atom is -0.445 e. The molecule has 1 heterocycles. The fourth-order valence-electron chi connectivity index (χ4n) is 1.43. The predicted molar refractivity (Wildman–Crippen MR) is 55.5 cm³/mol. The van der Waals surface area contributed by atoms with Gasteiger partial charge in [-0.15, -0.1) is 0 Å². The van der Waals surface area contributed by atoms with Gasteiger partial charge >= 0.3 is 58.4 Å². The van der Waals surface area contributed by atoms with Crippen molar-refractivity contribution in [3.8, 4) is 0 Å². The van der Waals surface area contributed by atoms with Crippen molar-refractivity contribution in [1.29, 1.82) is 0 Å². The molecule has 1 nitrogen and oxygen atoms in total. The van der Waals surface area contributed by atoms with Gasteiger partial charge in [-0.05, 0) is 17.5 Å². The van der Waals surface area contributed by atoms with E-state index < -0.39 is 12.4 Å². The first-order valence-corrected chi connectivity index (χ1v) is 4.60. The van der Waals surface area contributed by atoms with Gasteiger partial charge in [0.05, 0.1) is 5.52 Å². The Bertz CT molecular complexity index is 518. The van der Waals surface area contributed by atoms with Crippen molar-refractivity contribution in [3.05, 3.63) is 35.5 Å². The van der Waals surface area contributed by atoms with Gasteiger partial charge in [0.2, 0.25) is 0 Å². The monoisotopic (exact) mass is 269 g/mol. The van der Waals surface area contributed by atoms with E-state index in [-0.39, 0.29) is 62.3 Å². The Labute approximate surface area is 138 Å². The van der Waals surface area contributed by atoms with E-state index in [1.807, 2.05) is 0 Å². The summed E-state index contributed by atoms with van der Waals surface area (Å²) in [6.07, 6.45) is 1.14. The molecule has 16 heavy (non-hydrogen) atoms. The second-order valence-corrected chi connectivity index (χ2v) is 3.57. The zero-order valence-corrected chi connectivity index (χ0v) is 12.3. The Kier molecular flexibility index (Phi) is 4.86. The fraction of sp³-hybridized carbons (Fsp3) is 0. The maximum atomic E-state index is 12.6. The molecule has 2 rings (SSSR count). The number of halogens is 4. The van der Waals surface area contributed by atoms with Crippen LogP contribution in [0.15, 0.2) is 30.5 Å². The van der Waals surface area contributed by atoms with E-state index >= 15 is 0 Å². The quantitative estimate of drug-likeness (QED) is 0.662. The molecule has 7 heteroatoms. The predicted octanol–water partition coefficient (Wildman–Crippen LogP) is -0.0534. The van der Waals surface area contributed by atoms with Crippen LogP contribution < -0.4 is 56.8 Å². The molecule has 1 aromatic carbocycles. The first kappa shape index (κ1) is 14.5. The van der Waals surface area contributed by atoms with E-state index in [0.29, 0.717) is 5.02 Å². The van der Waals surface area contributed by atoms with Gasteiger partial charge < -0.3 is 12.9 Å². The van der Waals surface area contributed by atoms with Crippen molar-refractivity contribution in [2.24, 2.45) is 0 Å². The van der Waals surface area contributed by atoms with Crippen LogP contribution in [0.1, 0.15) is 0 Å². The van der Waals surface area contributed by atoms with Crippen LogP contribution >= 0.6 is 11.6 Å². The van der Waals surface area contributed by atoms with E-state index in [1.54, 1.807) is 0 Å². The Morgan fingerprint density at radius 3 is 2.44 bits per heavy atom. The maximum Gasteiger partial charge on any atom is 1.00 e. The third-order valence-corrected chi connectivity index (χ3v) is 2.33. The number of nitrogens with zero attached hydrogens (tertiary/aromatic N) is 1. The second-order valence-electron chi connectivity index (χ2n) is 3.14. The summed E-state index contributed by atoms with van der Waals surface area (Å²) < 4.78 is 37.9. The van der Waals surface area contributed by atoms with Gasteiger partial charge in [0.25, 0.3) is 0 Å². The number of fused-ring (bicyclic) bond motifs is 1. The van der Waals surface area contributed by atoms with Crippen LogP contribution in [0.4, 0.5) is 12.9 Å². The summed E-state index contributed by atoms with van der Waals surface area (Å²) in [5.41, 5.74) is -0.365. The fourth-order valence-corrected chi connectivity index (χ4v) is 1.60. The Morgan fingerprint density at radius 1 is 1.12 bits per heavy atom. The van der Waals surface area contributed by atoms with E-state index in [1.165, 1.54) is 18.2 Å². The first-order valence-electron chi connectivity index (χ1n) is 4.22. The van der Waals surface area contributed by atoms with Crippen LogP contribution in [0, 0.1) is 0 Å². The molecule has 0 atom stereocenters. The largest absolute Gasteiger partial charge is 1.00 e. The number of rotatable bonds is 1. The zero-order valence-electron chi connectivity index (χ0n) is 8.42. The first-order chi connectivity index (χ1) is 6.98. The van der Waals surface area contributed by atoms with E-state index in [9.17, 15) is 12.9 Å². The maximum absolute atomic E-state index is 12.6. The van der Waals surface area contributed by atoms with Gasteiger partial charge in [-0.3, -0.25) is 4.98 Å². The van der Waals surface area contributed by atoms with E-state index in [0.717, 1.165) is 12.3 Å². The number of hydrogen-bond donors (Lipinski definition) is 0. The molecule has 0 fully saturated rings. The summed E-state index contributed by atoms with van der Waals surface area (Å²) in [6, 6.07) is 5.17. The number of pyridine rings is 1. The van der Waals surface area contributed by atoms with Crippen LogP contribution in [0.3, 0.4) is 0 Å². The molecule has 1 aromatic heterocycles. The van der Waals surface area contributed by atoms with Crippen LogP contribution in [0.25, 0.3) is 10.9 Å². The zero-order chi connectivity index (χ0) is 11.1. The van der Waals surface area contributed by atoms with E-state index in [2.05, 4.69) is 4.98 Å². The summed E-state index contributed by atoms with van der Waals surface area (Å²) >= 11 is 5.67. The summed E-state index contributed by atoms with van der Waals surface area (Å²) in [7, 11) is 0. The van der Waals surface area contributed by atoms with Gasteiger partial charge in [-0.2, -0.15) is 0 Å². The van der Waals surface area contributed by atoms with Crippen molar-refractivity contribution in [3.63, 3.8) is 0 Å². The molecule has 2 aromatic rings. The van der Waals surface area contributed by atoms with E-state index in [4.69, 9.17) is 11.6 Å². The number of aromatic nitrogens is 1. The van der Waals surface area contributed by atoms with Gasteiger partial charge in [0.15, 0.2) is 0 Å². The standard InChI is InChI=1S/C9H5BClF3N.K/c11-6-1-2-7-8(10(12,13)14)3-4-15-9(7)5-6;/h1-5H;/q-1;+1. The molecule has 0 saturated carbocycles. The molecule has 0 aliphatic carbocycles. The third-order valence-electron chi connectivity index (χ3n) is 2.09. The molecule has 0 amide bonds. The van der Waals surface area contributed by atoms with Crippen LogP contribution in [-0.2, 0) is 0 Å². The molecular weight excluding hydrogens is 264 g/mol. The Hall–Kier alpha value is 0.411. The Balaban J connectivity index is 0.00000128. The number of benzene rings is 1. The minimum absolute atomic E-state index is 0. The molecule has 0 unspecified atom stereocenters. The average molecular weight is 270 g/mol. The van der Waals surface area contributed by atoms with Crippen molar-refractivity contribution >= 4 is 34.9 Å². The van der Waals surface area contributed by atoms with Crippen molar-refractivity contribution < 1.29 is 64.3 Å². The van der Waals surface area contributed by atoms with Gasteiger partial charge in [0, 0.05) is 11.2 Å². The van der Waals surface area contributed by atoms with Crippen molar-refractivity contribution in [1.82, 2.24) is 4.98 Å². The smallest absolute Gasteiger partial charge is 0.445 e. The topological polar surface area (TPSA) is 12.9 Å². The van der Waals surface area contributed by atoms with Gasteiger partial charge in [0.1, 0.15) is 0 Å². The molecule has 0 radical (unpaired) electrons. The molecule has 0 bridgehead atoms. The molecular formula is C9H5BClF3KN. The molecule has 0 saturated heterocycles. The van der Waals surface area contributed by atoms with Crippen LogP contribution in [0.5, 0.6) is 0 Å².